The largest absolute Gasteiger partial charge is 0.338 e. The van der Waals surface area contributed by atoms with Crippen LogP contribution in [0.2, 0.25) is 0 Å². The number of hydrogen-bond donors (Lipinski definition) is 0. The summed E-state index contributed by atoms with van der Waals surface area (Å²) in [6, 6.07) is 8.31. The Morgan fingerprint density at radius 1 is 0.900 bits per heavy atom. The fourth-order valence-corrected chi connectivity index (χ4v) is 2.57. The van der Waals surface area contributed by atoms with E-state index in [0.29, 0.717) is 6.04 Å². The van der Waals surface area contributed by atoms with E-state index in [1.165, 1.54) is 0 Å². The molecule has 0 bridgehead atoms. The van der Waals surface area contributed by atoms with E-state index in [4.69, 9.17) is 0 Å². The Morgan fingerprint density at radius 3 is 2.25 bits per heavy atom. The van der Waals surface area contributed by atoms with Crippen molar-refractivity contribution in [2.75, 3.05) is 31.1 Å². The zero-order valence-electron chi connectivity index (χ0n) is 11.7. The van der Waals surface area contributed by atoms with Gasteiger partial charge in [-0.2, -0.15) is 0 Å². The van der Waals surface area contributed by atoms with Crippen molar-refractivity contribution in [3.05, 3.63) is 48.5 Å². The van der Waals surface area contributed by atoms with E-state index in [2.05, 4.69) is 37.7 Å². The van der Waals surface area contributed by atoms with Crippen molar-refractivity contribution in [1.82, 2.24) is 19.9 Å². The quantitative estimate of drug-likeness (QED) is 0.849. The van der Waals surface area contributed by atoms with Crippen molar-refractivity contribution < 1.29 is 0 Å². The van der Waals surface area contributed by atoms with Crippen LogP contribution >= 0.6 is 0 Å². The van der Waals surface area contributed by atoms with Gasteiger partial charge in [0.05, 0.1) is 5.69 Å². The molecule has 0 spiro atoms. The number of rotatable bonds is 3. The van der Waals surface area contributed by atoms with Crippen molar-refractivity contribution in [2.45, 2.75) is 13.0 Å². The molecule has 1 unspecified atom stereocenters. The SMILES string of the molecule is CC(c1ccccn1)N1CCN(c2ncccn2)CC1. The standard InChI is InChI=1S/C15H19N5/c1-13(14-5-2-3-6-16-14)19-9-11-20(12-10-19)15-17-7-4-8-18-15/h2-8,13H,9-12H2,1H3. The molecule has 0 aliphatic carbocycles. The van der Waals surface area contributed by atoms with Crippen LogP contribution in [0.25, 0.3) is 0 Å². The zero-order valence-corrected chi connectivity index (χ0v) is 11.7. The molecule has 0 radical (unpaired) electrons. The van der Waals surface area contributed by atoms with E-state index < -0.39 is 0 Å². The minimum absolute atomic E-state index is 0.357. The molecule has 2 aromatic rings. The minimum atomic E-state index is 0.357. The summed E-state index contributed by atoms with van der Waals surface area (Å²) in [5, 5.41) is 0. The van der Waals surface area contributed by atoms with Crippen LogP contribution in [0.1, 0.15) is 18.7 Å². The third-order valence-corrected chi connectivity index (χ3v) is 3.81. The maximum Gasteiger partial charge on any atom is 0.225 e. The van der Waals surface area contributed by atoms with Gasteiger partial charge in [0.1, 0.15) is 0 Å². The van der Waals surface area contributed by atoms with E-state index in [0.717, 1.165) is 37.8 Å². The van der Waals surface area contributed by atoms with Gasteiger partial charge in [0.2, 0.25) is 5.95 Å². The van der Waals surface area contributed by atoms with Crippen LogP contribution in [0, 0.1) is 0 Å². The van der Waals surface area contributed by atoms with Gasteiger partial charge in [-0.1, -0.05) is 6.07 Å². The molecule has 0 aromatic carbocycles. The predicted molar refractivity (Wildman–Crippen MR) is 78.5 cm³/mol. The summed E-state index contributed by atoms with van der Waals surface area (Å²) in [5.74, 6) is 0.831. The van der Waals surface area contributed by atoms with Crippen LogP contribution in [-0.2, 0) is 0 Å². The van der Waals surface area contributed by atoms with Crippen molar-refractivity contribution in [3.63, 3.8) is 0 Å². The first-order valence-corrected chi connectivity index (χ1v) is 7.01. The van der Waals surface area contributed by atoms with Crippen LogP contribution in [0.4, 0.5) is 5.95 Å². The van der Waals surface area contributed by atoms with Crippen molar-refractivity contribution in [1.29, 1.82) is 0 Å². The summed E-state index contributed by atoms with van der Waals surface area (Å²) >= 11 is 0. The lowest BCUT2D eigenvalue weighted by Gasteiger charge is -2.37. The second-order valence-electron chi connectivity index (χ2n) is 5.00. The lowest BCUT2D eigenvalue weighted by molar-refractivity contribution is 0.194. The third-order valence-electron chi connectivity index (χ3n) is 3.81. The highest BCUT2D eigenvalue weighted by Crippen LogP contribution is 2.20. The van der Waals surface area contributed by atoms with Crippen molar-refractivity contribution >= 4 is 5.95 Å². The second kappa shape index (κ2) is 5.96. The average molecular weight is 269 g/mol. The zero-order chi connectivity index (χ0) is 13.8. The van der Waals surface area contributed by atoms with Gasteiger partial charge in [0, 0.05) is 50.8 Å². The molecule has 5 nitrogen and oxygen atoms in total. The lowest BCUT2D eigenvalue weighted by atomic mass is 10.1. The Kier molecular flexibility index (Phi) is 3.87. The molecule has 0 amide bonds. The highest BCUT2D eigenvalue weighted by atomic mass is 15.3. The molecule has 2 aromatic heterocycles. The normalized spacial score (nSPS) is 17.9. The minimum Gasteiger partial charge on any atom is -0.338 e. The summed E-state index contributed by atoms with van der Waals surface area (Å²) < 4.78 is 0. The molecular weight excluding hydrogens is 250 g/mol. The Balaban J connectivity index is 1.61. The first kappa shape index (κ1) is 13.0. The summed E-state index contributed by atoms with van der Waals surface area (Å²) in [7, 11) is 0. The summed E-state index contributed by atoms with van der Waals surface area (Å²) in [6.07, 6.45) is 5.45. The fraction of sp³-hybridized carbons (Fsp3) is 0.400. The Labute approximate surface area is 119 Å². The molecule has 104 valence electrons. The molecule has 3 heterocycles. The van der Waals surface area contributed by atoms with E-state index in [1.54, 1.807) is 12.4 Å². The highest BCUT2D eigenvalue weighted by molar-refractivity contribution is 5.29. The Hall–Kier alpha value is -2.01. The molecule has 3 rings (SSSR count). The molecule has 1 atom stereocenters. The summed E-state index contributed by atoms with van der Waals surface area (Å²) in [6.45, 7) is 6.16. The maximum atomic E-state index is 4.45. The fourth-order valence-electron chi connectivity index (χ4n) is 2.57. The first-order valence-electron chi connectivity index (χ1n) is 7.01. The van der Waals surface area contributed by atoms with Gasteiger partial charge in [0.25, 0.3) is 0 Å². The average Bonchev–Trinajstić information content (AvgIpc) is 2.56. The van der Waals surface area contributed by atoms with E-state index in [-0.39, 0.29) is 0 Å². The maximum absolute atomic E-state index is 4.45. The van der Waals surface area contributed by atoms with Gasteiger partial charge in [-0.25, -0.2) is 9.97 Å². The highest BCUT2D eigenvalue weighted by Gasteiger charge is 2.23. The van der Waals surface area contributed by atoms with Crippen LogP contribution in [-0.4, -0.2) is 46.0 Å². The monoisotopic (exact) mass is 269 g/mol. The first-order chi connectivity index (χ1) is 9.84. The Morgan fingerprint density at radius 2 is 1.60 bits per heavy atom. The number of anilines is 1. The van der Waals surface area contributed by atoms with Gasteiger partial charge >= 0.3 is 0 Å². The van der Waals surface area contributed by atoms with Crippen LogP contribution < -0.4 is 4.90 Å². The number of aromatic nitrogens is 3. The van der Waals surface area contributed by atoms with E-state index >= 15 is 0 Å². The lowest BCUT2D eigenvalue weighted by Crippen LogP contribution is -2.47. The third kappa shape index (κ3) is 2.77. The summed E-state index contributed by atoms with van der Waals surface area (Å²) in [5.41, 5.74) is 1.14. The van der Waals surface area contributed by atoms with Gasteiger partial charge in [-0.05, 0) is 25.1 Å². The molecule has 20 heavy (non-hydrogen) atoms. The topological polar surface area (TPSA) is 45.2 Å². The number of nitrogens with zero attached hydrogens (tertiary/aromatic N) is 5. The van der Waals surface area contributed by atoms with Gasteiger partial charge in [-0.3, -0.25) is 9.88 Å². The number of pyridine rings is 1. The predicted octanol–water partition coefficient (Wildman–Crippen LogP) is 1.75. The molecule has 5 heteroatoms. The van der Waals surface area contributed by atoms with E-state index in [9.17, 15) is 0 Å². The van der Waals surface area contributed by atoms with Crippen molar-refractivity contribution in [2.24, 2.45) is 0 Å². The van der Waals surface area contributed by atoms with Gasteiger partial charge < -0.3 is 4.90 Å². The molecule has 0 saturated carbocycles. The molecule has 0 N–H and O–H groups in total. The Bertz CT molecular complexity index is 522. The van der Waals surface area contributed by atoms with Crippen LogP contribution in [0.5, 0.6) is 0 Å². The molecular formula is C15H19N5. The van der Waals surface area contributed by atoms with Crippen LogP contribution in [0.15, 0.2) is 42.9 Å². The molecule has 1 saturated heterocycles. The molecule has 1 fully saturated rings. The summed E-state index contributed by atoms with van der Waals surface area (Å²) in [4.78, 5) is 17.8. The van der Waals surface area contributed by atoms with Crippen molar-refractivity contribution in [3.8, 4) is 0 Å². The van der Waals surface area contributed by atoms with Gasteiger partial charge in [-0.15, -0.1) is 0 Å². The smallest absolute Gasteiger partial charge is 0.225 e. The second-order valence-corrected chi connectivity index (χ2v) is 5.00. The van der Waals surface area contributed by atoms with E-state index in [1.807, 2.05) is 24.4 Å². The number of hydrogen-bond acceptors (Lipinski definition) is 5. The van der Waals surface area contributed by atoms with Gasteiger partial charge in [0.15, 0.2) is 0 Å². The van der Waals surface area contributed by atoms with Crippen LogP contribution in [0.3, 0.4) is 0 Å². The molecule has 1 aliphatic rings. The molecule has 1 aliphatic heterocycles. The number of piperazine rings is 1.